The Morgan fingerprint density at radius 3 is 2.88 bits per heavy atom. The van der Waals surface area contributed by atoms with Crippen molar-refractivity contribution < 1.29 is 14.6 Å². The van der Waals surface area contributed by atoms with E-state index in [1.807, 2.05) is 28.8 Å². The second kappa shape index (κ2) is 7.14. The van der Waals surface area contributed by atoms with Crippen LogP contribution in [0.3, 0.4) is 0 Å². The normalized spacial score (nSPS) is 10.8. The van der Waals surface area contributed by atoms with Crippen LogP contribution in [0.25, 0.3) is 11.0 Å². The van der Waals surface area contributed by atoms with Gasteiger partial charge in [0, 0.05) is 12.1 Å². The molecule has 0 spiro atoms. The number of aliphatic hydroxyl groups is 1. The first-order valence-corrected chi connectivity index (χ1v) is 7.70. The minimum Gasteiger partial charge on any atom is -0.497 e. The van der Waals surface area contributed by atoms with E-state index in [2.05, 4.69) is 10.3 Å². The summed E-state index contributed by atoms with van der Waals surface area (Å²) >= 11 is 0. The Balaban J connectivity index is 1.94. The standard InChI is InChI=1S/C18H19N3O3/c1-24-14-6-4-5-13(11-14)17(23)12-21-16-8-3-2-7-15(16)20-18(21)19-9-10-22/h2-8,11,22H,9-10,12H2,1H3,(H,19,20). The third kappa shape index (κ3) is 3.23. The highest BCUT2D eigenvalue weighted by atomic mass is 16.5. The zero-order valence-electron chi connectivity index (χ0n) is 13.4. The molecule has 0 amide bonds. The van der Waals surface area contributed by atoms with E-state index in [1.165, 1.54) is 0 Å². The van der Waals surface area contributed by atoms with E-state index in [-0.39, 0.29) is 18.9 Å². The number of nitrogens with one attached hydrogen (secondary N) is 1. The molecule has 0 saturated carbocycles. The van der Waals surface area contributed by atoms with E-state index >= 15 is 0 Å². The highest BCUT2D eigenvalue weighted by Crippen LogP contribution is 2.21. The van der Waals surface area contributed by atoms with Gasteiger partial charge >= 0.3 is 0 Å². The summed E-state index contributed by atoms with van der Waals surface area (Å²) in [4.78, 5) is 17.2. The number of para-hydroxylation sites is 2. The second-order valence-corrected chi connectivity index (χ2v) is 5.32. The Morgan fingerprint density at radius 2 is 2.08 bits per heavy atom. The number of ketones is 1. The van der Waals surface area contributed by atoms with Gasteiger partial charge in [0.15, 0.2) is 5.78 Å². The molecule has 6 heteroatoms. The second-order valence-electron chi connectivity index (χ2n) is 5.32. The predicted molar refractivity (Wildman–Crippen MR) is 92.6 cm³/mol. The molecule has 0 saturated heterocycles. The molecule has 0 bridgehead atoms. The molecule has 1 heterocycles. The van der Waals surface area contributed by atoms with Crippen LogP contribution in [0.15, 0.2) is 48.5 Å². The lowest BCUT2D eigenvalue weighted by Crippen LogP contribution is -2.16. The number of fused-ring (bicyclic) bond motifs is 1. The number of aliphatic hydroxyl groups excluding tert-OH is 1. The van der Waals surface area contributed by atoms with Crippen molar-refractivity contribution in [3.8, 4) is 5.75 Å². The summed E-state index contributed by atoms with van der Waals surface area (Å²) in [7, 11) is 1.57. The number of methoxy groups -OCH3 is 1. The third-order valence-electron chi connectivity index (χ3n) is 3.74. The number of anilines is 1. The summed E-state index contributed by atoms with van der Waals surface area (Å²) in [5.74, 6) is 1.18. The van der Waals surface area contributed by atoms with Crippen LogP contribution in [-0.2, 0) is 6.54 Å². The molecule has 0 radical (unpaired) electrons. The smallest absolute Gasteiger partial charge is 0.204 e. The van der Waals surface area contributed by atoms with E-state index in [9.17, 15) is 4.79 Å². The third-order valence-corrected chi connectivity index (χ3v) is 3.74. The summed E-state index contributed by atoms with van der Waals surface area (Å²) in [6.07, 6.45) is 0. The van der Waals surface area contributed by atoms with Gasteiger partial charge in [-0.25, -0.2) is 4.98 Å². The number of benzene rings is 2. The molecule has 2 N–H and O–H groups in total. The number of carbonyl (C=O) groups is 1. The number of ether oxygens (including phenoxy) is 1. The fourth-order valence-electron chi connectivity index (χ4n) is 2.57. The lowest BCUT2D eigenvalue weighted by molar-refractivity contribution is 0.0973. The van der Waals surface area contributed by atoms with Gasteiger partial charge in [0.1, 0.15) is 5.75 Å². The maximum Gasteiger partial charge on any atom is 0.204 e. The molecular weight excluding hydrogens is 306 g/mol. The number of nitrogens with zero attached hydrogens (tertiary/aromatic N) is 2. The van der Waals surface area contributed by atoms with Gasteiger partial charge in [-0.15, -0.1) is 0 Å². The van der Waals surface area contributed by atoms with Gasteiger partial charge in [-0.3, -0.25) is 4.79 Å². The van der Waals surface area contributed by atoms with Crippen LogP contribution in [0.5, 0.6) is 5.75 Å². The number of rotatable bonds is 7. The Kier molecular flexibility index (Phi) is 4.77. The molecule has 1 aromatic heterocycles. The minimum absolute atomic E-state index is 0.00691. The average Bonchev–Trinajstić information content (AvgIpc) is 2.97. The summed E-state index contributed by atoms with van der Waals surface area (Å²) < 4.78 is 7.00. The molecule has 0 atom stereocenters. The van der Waals surface area contributed by atoms with Crippen molar-refractivity contribution in [3.05, 3.63) is 54.1 Å². The molecule has 6 nitrogen and oxygen atoms in total. The Labute approximate surface area is 139 Å². The van der Waals surface area contributed by atoms with Gasteiger partial charge in [0.05, 0.1) is 31.3 Å². The molecule has 0 aliphatic heterocycles. The summed E-state index contributed by atoms with van der Waals surface area (Å²) in [5.41, 5.74) is 2.26. The first-order valence-electron chi connectivity index (χ1n) is 7.70. The molecular formula is C18H19N3O3. The van der Waals surface area contributed by atoms with Crippen molar-refractivity contribution in [1.29, 1.82) is 0 Å². The molecule has 2 aromatic carbocycles. The van der Waals surface area contributed by atoms with Crippen LogP contribution in [-0.4, -0.2) is 40.7 Å². The molecule has 0 aliphatic carbocycles. The van der Waals surface area contributed by atoms with Crippen LogP contribution in [0.1, 0.15) is 10.4 Å². The van der Waals surface area contributed by atoms with Gasteiger partial charge in [-0.2, -0.15) is 0 Å². The van der Waals surface area contributed by atoms with Gasteiger partial charge in [0.25, 0.3) is 0 Å². The zero-order valence-corrected chi connectivity index (χ0v) is 13.4. The number of imidazole rings is 1. The number of aromatic nitrogens is 2. The van der Waals surface area contributed by atoms with E-state index < -0.39 is 0 Å². The van der Waals surface area contributed by atoms with E-state index in [1.54, 1.807) is 31.4 Å². The van der Waals surface area contributed by atoms with Gasteiger partial charge in [-0.05, 0) is 24.3 Å². The van der Waals surface area contributed by atoms with Gasteiger partial charge < -0.3 is 19.7 Å². The van der Waals surface area contributed by atoms with Crippen molar-refractivity contribution in [2.24, 2.45) is 0 Å². The Hall–Kier alpha value is -2.86. The molecule has 3 rings (SSSR count). The van der Waals surface area contributed by atoms with Crippen molar-refractivity contribution in [2.75, 3.05) is 25.6 Å². The first kappa shape index (κ1) is 16.0. The molecule has 124 valence electrons. The summed E-state index contributed by atoms with van der Waals surface area (Å²) in [6.45, 7) is 0.519. The highest BCUT2D eigenvalue weighted by molar-refractivity contribution is 5.97. The van der Waals surface area contributed by atoms with Crippen LogP contribution in [0.2, 0.25) is 0 Å². The Morgan fingerprint density at radius 1 is 1.25 bits per heavy atom. The molecule has 0 unspecified atom stereocenters. The largest absolute Gasteiger partial charge is 0.497 e. The monoisotopic (exact) mass is 325 g/mol. The maximum atomic E-state index is 12.7. The van der Waals surface area contributed by atoms with E-state index in [4.69, 9.17) is 9.84 Å². The lowest BCUT2D eigenvalue weighted by Gasteiger charge is -2.10. The lowest BCUT2D eigenvalue weighted by atomic mass is 10.1. The molecule has 24 heavy (non-hydrogen) atoms. The SMILES string of the molecule is COc1cccc(C(=O)Cn2c(NCCO)nc3ccccc32)c1. The average molecular weight is 325 g/mol. The quantitative estimate of drug-likeness (QED) is 0.652. The minimum atomic E-state index is -0.0379. The number of Topliss-reactive ketones (excluding diaryl/α,β-unsaturated/α-hetero) is 1. The summed E-state index contributed by atoms with van der Waals surface area (Å²) in [6, 6.07) is 14.7. The van der Waals surface area contributed by atoms with Gasteiger partial charge in [-0.1, -0.05) is 24.3 Å². The van der Waals surface area contributed by atoms with Crippen LogP contribution in [0.4, 0.5) is 5.95 Å². The van der Waals surface area contributed by atoms with Gasteiger partial charge in [0.2, 0.25) is 5.95 Å². The predicted octanol–water partition coefficient (Wildman–Crippen LogP) is 2.33. The van der Waals surface area contributed by atoms with Crippen molar-refractivity contribution >= 4 is 22.8 Å². The number of hydrogen-bond acceptors (Lipinski definition) is 5. The fourth-order valence-corrected chi connectivity index (χ4v) is 2.57. The fraction of sp³-hybridized carbons (Fsp3) is 0.222. The Bertz CT molecular complexity index is 858. The van der Waals surface area contributed by atoms with E-state index in [0.717, 1.165) is 11.0 Å². The summed E-state index contributed by atoms with van der Waals surface area (Å²) in [5, 5.41) is 12.1. The van der Waals surface area contributed by atoms with Crippen molar-refractivity contribution in [2.45, 2.75) is 6.54 Å². The number of carbonyl (C=O) groups excluding carboxylic acids is 1. The zero-order chi connectivity index (χ0) is 16.9. The highest BCUT2D eigenvalue weighted by Gasteiger charge is 2.15. The molecule has 0 aliphatic rings. The van der Waals surface area contributed by atoms with Crippen LogP contribution >= 0.6 is 0 Å². The molecule has 0 fully saturated rings. The number of hydrogen-bond donors (Lipinski definition) is 2. The maximum absolute atomic E-state index is 12.7. The molecule has 3 aromatic rings. The van der Waals surface area contributed by atoms with Crippen molar-refractivity contribution in [3.63, 3.8) is 0 Å². The van der Waals surface area contributed by atoms with Crippen LogP contribution < -0.4 is 10.1 Å². The van der Waals surface area contributed by atoms with Crippen molar-refractivity contribution in [1.82, 2.24) is 9.55 Å². The van der Waals surface area contributed by atoms with Crippen LogP contribution in [0, 0.1) is 0 Å². The first-order chi connectivity index (χ1) is 11.7. The topological polar surface area (TPSA) is 76.4 Å². The van der Waals surface area contributed by atoms with E-state index in [0.29, 0.717) is 23.8 Å².